The minimum Gasteiger partial charge on any atom is -0.444 e. The molecule has 1 amide bonds. The van der Waals surface area contributed by atoms with Crippen molar-refractivity contribution < 1.29 is 9.53 Å². The lowest BCUT2D eigenvalue weighted by Crippen LogP contribution is -2.46. The molecule has 1 aromatic rings. The Kier molecular flexibility index (Phi) is 4.88. The third-order valence-corrected chi connectivity index (χ3v) is 3.32. The fraction of sp³-hybridized carbons (Fsp3) is 0.643. The first-order valence-corrected chi connectivity index (χ1v) is 7.44. The number of rotatable bonds is 2. The van der Waals surface area contributed by atoms with Crippen LogP contribution < -0.4 is 10.2 Å². The molecule has 116 valence electrons. The van der Waals surface area contributed by atoms with Crippen LogP contribution in [0.3, 0.4) is 0 Å². The Morgan fingerprint density at radius 2 is 2.10 bits per heavy atom. The highest BCUT2D eigenvalue weighted by molar-refractivity contribution is 6.29. The van der Waals surface area contributed by atoms with E-state index in [9.17, 15) is 4.79 Å². The third-order valence-electron chi connectivity index (χ3n) is 3.11. The monoisotopic (exact) mass is 312 g/mol. The van der Waals surface area contributed by atoms with E-state index in [0.717, 1.165) is 25.9 Å². The molecule has 1 fully saturated rings. The summed E-state index contributed by atoms with van der Waals surface area (Å²) >= 11 is 5.87. The topological polar surface area (TPSA) is 67.3 Å². The number of nitrogens with zero attached hydrogens (tertiary/aromatic N) is 3. The number of hydrogen-bond donors (Lipinski definition) is 1. The first-order valence-electron chi connectivity index (χ1n) is 7.06. The van der Waals surface area contributed by atoms with E-state index in [1.54, 1.807) is 12.3 Å². The van der Waals surface area contributed by atoms with Gasteiger partial charge in [0.05, 0.1) is 0 Å². The normalized spacial score (nSPS) is 16.7. The summed E-state index contributed by atoms with van der Waals surface area (Å²) < 4.78 is 5.26. The maximum Gasteiger partial charge on any atom is 0.407 e. The van der Waals surface area contributed by atoms with Crippen LogP contribution in [0, 0.1) is 0 Å². The average Bonchev–Trinajstić information content (AvgIpc) is 2.37. The fourth-order valence-corrected chi connectivity index (χ4v) is 2.31. The molecule has 1 aliphatic rings. The van der Waals surface area contributed by atoms with Crippen molar-refractivity contribution in [1.82, 2.24) is 15.3 Å². The lowest BCUT2D eigenvalue weighted by molar-refractivity contribution is 0.0497. The van der Waals surface area contributed by atoms with Crippen molar-refractivity contribution in [1.29, 1.82) is 0 Å². The van der Waals surface area contributed by atoms with E-state index >= 15 is 0 Å². The molecular weight excluding hydrogens is 292 g/mol. The molecule has 0 saturated carbocycles. The Hall–Kier alpha value is -1.56. The Balaban J connectivity index is 1.82. The number of piperidine rings is 1. The largest absolute Gasteiger partial charge is 0.444 e. The Morgan fingerprint density at radius 1 is 1.43 bits per heavy atom. The van der Waals surface area contributed by atoms with Gasteiger partial charge >= 0.3 is 6.09 Å². The number of carbonyl (C=O) groups excluding carboxylic acids is 1. The number of carbonyl (C=O) groups is 1. The van der Waals surface area contributed by atoms with Crippen LogP contribution in [0.25, 0.3) is 0 Å². The highest BCUT2D eigenvalue weighted by Gasteiger charge is 2.24. The van der Waals surface area contributed by atoms with E-state index in [-0.39, 0.29) is 12.1 Å². The molecular formula is C14H21ClN4O2. The molecule has 0 aliphatic carbocycles. The van der Waals surface area contributed by atoms with Gasteiger partial charge in [-0.2, -0.15) is 0 Å². The maximum atomic E-state index is 11.7. The molecule has 0 atom stereocenters. The van der Waals surface area contributed by atoms with E-state index in [4.69, 9.17) is 16.3 Å². The number of aromatic nitrogens is 2. The van der Waals surface area contributed by atoms with Crippen molar-refractivity contribution in [2.45, 2.75) is 45.3 Å². The fourth-order valence-electron chi connectivity index (χ4n) is 2.18. The summed E-state index contributed by atoms with van der Waals surface area (Å²) in [5.41, 5.74) is -0.473. The lowest BCUT2D eigenvalue weighted by atomic mass is 10.1. The number of halogens is 1. The van der Waals surface area contributed by atoms with E-state index < -0.39 is 5.60 Å². The second-order valence-corrected chi connectivity index (χ2v) is 6.47. The molecule has 2 rings (SSSR count). The summed E-state index contributed by atoms with van der Waals surface area (Å²) in [6.07, 6.45) is 2.94. The zero-order chi connectivity index (χ0) is 15.5. The van der Waals surface area contributed by atoms with Gasteiger partial charge in [-0.1, -0.05) is 11.6 Å². The number of ether oxygens (including phenoxy) is 1. The highest BCUT2D eigenvalue weighted by atomic mass is 35.5. The minimum atomic E-state index is -0.473. The van der Waals surface area contributed by atoms with Gasteiger partial charge < -0.3 is 15.0 Å². The second kappa shape index (κ2) is 6.47. The smallest absolute Gasteiger partial charge is 0.407 e. The van der Waals surface area contributed by atoms with Gasteiger partial charge in [0.1, 0.15) is 10.8 Å². The van der Waals surface area contributed by atoms with Crippen LogP contribution >= 0.6 is 11.6 Å². The summed E-state index contributed by atoms with van der Waals surface area (Å²) in [6.45, 7) is 7.12. The average molecular weight is 313 g/mol. The van der Waals surface area contributed by atoms with Gasteiger partial charge in [-0.15, -0.1) is 0 Å². The third kappa shape index (κ3) is 5.04. The molecule has 1 aliphatic heterocycles. The van der Waals surface area contributed by atoms with Gasteiger partial charge in [-0.3, -0.25) is 0 Å². The molecule has 0 radical (unpaired) electrons. The van der Waals surface area contributed by atoms with Crippen molar-refractivity contribution in [3.05, 3.63) is 17.4 Å². The van der Waals surface area contributed by atoms with Crippen LogP contribution in [0.15, 0.2) is 12.3 Å². The van der Waals surface area contributed by atoms with Gasteiger partial charge in [-0.05, 0) is 39.7 Å². The van der Waals surface area contributed by atoms with Crippen LogP contribution in [0.2, 0.25) is 5.15 Å². The Bertz CT molecular complexity index is 496. The molecule has 1 saturated heterocycles. The zero-order valence-electron chi connectivity index (χ0n) is 12.6. The summed E-state index contributed by atoms with van der Waals surface area (Å²) in [5, 5.41) is 3.34. The SMILES string of the molecule is CC(C)(C)OC(=O)NC1CCN(c2nccc(Cl)n2)CC1. The number of hydrogen-bond acceptors (Lipinski definition) is 5. The first kappa shape index (κ1) is 15.8. The number of alkyl carbamates (subject to hydrolysis) is 1. The van der Waals surface area contributed by atoms with Gasteiger partial charge in [0.2, 0.25) is 5.95 Å². The maximum absolute atomic E-state index is 11.7. The highest BCUT2D eigenvalue weighted by Crippen LogP contribution is 2.18. The van der Waals surface area contributed by atoms with Gasteiger partial charge in [0, 0.05) is 25.3 Å². The van der Waals surface area contributed by atoms with Crippen LogP contribution in [0.1, 0.15) is 33.6 Å². The molecule has 0 spiro atoms. The van der Waals surface area contributed by atoms with E-state index in [2.05, 4.69) is 20.2 Å². The molecule has 2 heterocycles. The molecule has 7 heteroatoms. The van der Waals surface area contributed by atoms with Crippen molar-refractivity contribution >= 4 is 23.6 Å². The molecule has 6 nitrogen and oxygen atoms in total. The number of nitrogens with one attached hydrogen (secondary N) is 1. The van der Waals surface area contributed by atoms with E-state index in [0.29, 0.717) is 11.1 Å². The van der Waals surface area contributed by atoms with E-state index in [1.807, 2.05) is 20.8 Å². The second-order valence-electron chi connectivity index (χ2n) is 6.09. The Morgan fingerprint density at radius 3 is 2.67 bits per heavy atom. The molecule has 0 aromatic carbocycles. The van der Waals surface area contributed by atoms with Gasteiger partial charge in [0.25, 0.3) is 0 Å². The van der Waals surface area contributed by atoms with Crippen LogP contribution in [-0.4, -0.2) is 40.8 Å². The molecule has 0 bridgehead atoms. The quantitative estimate of drug-likeness (QED) is 0.850. The molecule has 1 N–H and O–H groups in total. The standard InChI is InChI=1S/C14H21ClN4O2/c1-14(2,3)21-13(20)17-10-5-8-19(9-6-10)12-16-7-4-11(15)18-12/h4,7,10H,5-6,8-9H2,1-3H3,(H,17,20). The van der Waals surface area contributed by atoms with Crippen molar-refractivity contribution in [2.75, 3.05) is 18.0 Å². The van der Waals surface area contributed by atoms with Gasteiger partial charge in [0.15, 0.2) is 0 Å². The predicted octanol–water partition coefficient (Wildman–Crippen LogP) is 2.62. The van der Waals surface area contributed by atoms with Crippen molar-refractivity contribution in [3.63, 3.8) is 0 Å². The number of anilines is 1. The molecule has 1 aromatic heterocycles. The van der Waals surface area contributed by atoms with E-state index in [1.165, 1.54) is 0 Å². The first-order chi connectivity index (χ1) is 9.83. The van der Waals surface area contributed by atoms with Crippen LogP contribution in [0.4, 0.5) is 10.7 Å². The summed E-state index contributed by atoms with van der Waals surface area (Å²) in [5.74, 6) is 0.637. The van der Waals surface area contributed by atoms with Gasteiger partial charge in [-0.25, -0.2) is 14.8 Å². The minimum absolute atomic E-state index is 0.121. The summed E-state index contributed by atoms with van der Waals surface area (Å²) in [4.78, 5) is 22.2. The number of amides is 1. The summed E-state index contributed by atoms with van der Waals surface area (Å²) in [6, 6.07) is 1.78. The molecule has 21 heavy (non-hydrogen) atoms. The lowest BCUT2D eigenvalue weighted by Gasteiger charge is -2.32. The molecule has 0 unspecified atom stereocenters. The van der Waals surface area contributed by atoms with Crippen LogP contribution in [-0.2, 0) is 4.74 Å². The zero-order valence-corrected chi connectivity index (χ0v) is 13.4. The van der Waals surface area contributed by atoms with Crippen molar-refractivity contribution in [3.8, 4) is 0 Å². The van der Waals surface area contributed by atoms with Crippen LogP contribution in [0.5, 0.6) is 0 Å². The van der Waals surface area contributed by atoms with Crippen molar-refractivity contribution in [2.24, 2.45) is 0 Å². The Labute approximate surface area is 129 Å². The predicted molar refractivity (Wildman–Crippen MR) is 81.6 cm³/mol. The summed E-state index contributed by atoms with van der Waals surface area (Å²) in [7, 11) is 0.